The number of rotatable bonds is 6. The van der Waals surface area contributed by atoms with E-state index in [2.05, 4.69) is 25.9 Å². The van der Waals surface area contributed by atoms with Gasteiger partial charge in [0, 0.05) is 31.0 Å². The van der Waals surface area contributed by atoms with Crippen molar-refractivity contribution < 1.29 is 9.59 Å². The number of anilines is 3. The summed E-state index contributed by atoms with van der Waals surface area (Å²) in [6, 6.07) is 14.5. The highest BCUT2D eigenvalue weighted by Crippen LogP contribution is 2.20. The summed E-state index contributed by atoms with van der Waals surface area (Å²) in [6.45, 7) is 3.97. The third-order valence-electron chi connectivity index (χ3n) is 5.25. The molecule has 1 saturated heterocycles. The zero-order chi connectivity index (χ0) is 23.2. The van der Waals surface area contributed by atoms with E-state index in [1.54, 1.807) is 12.1 Å². The van der Waals surface area contributed by atoms with Gasteiger partial charge < -0.3 is 20.9 Å². The molecular formula is C24H25ClN6O2. The van der Waals surface area contributed by atoms with Crippen molar-refractivity contribution in [3.63, 3.8) is 0 Å². The van der Waals surface area contributed by atoms with Gasteiger partial charge >= 0.3 is 6.03 Å². The van der Waals surface area contributed by atoms with E-state index in [9.17, 15) is 9.59 Å². The van der Waals surface area contributed by atoms with Crippen molar-refractivity contribution in [2.45, 2.75) is 26.3 Å². The maximum atomic E-state index is 12.7. The molecular weight excluding hydrogens is 440 g/mol. The molecule has 0 aliphatic carbocycles. The Bertz CT molecular complexity index is 1160. The van der Waals surface area contributed by atoms with Crippen LogP contribution in [-0.2, 0) is 6.54 Å². The molecule has 1 aromatic heterocycles. The minimum atomic E-state index is -0.376. The summed E-state index contributed by atoms with van der Waals surface area (Å²) in [5, 5.41) is 8.66. The van der Waals surface area contributed by atoms with E-state index in [1.807, 2.05) is 48.2 Å². The number of nitrogens with one attached hydrogen (secondary N) is 3. The number of carbonyl (C=O) groups excluding carboxylic acids is 2. The number of aromatic nitrogens is 2. The van der Waals surface area contributed by atoms with Gasteiger partial charge in [0.25, 0.3) is 5.91 Å². The van der Waals surface area contributed by atoms with Crippen molar-refractivity contribution in [1.82, 2.24) is 15.3 Å². The van der Waals surface area contributed by atoms with Gasteiger partial charge in [0.2, 0.25) is 5.95 Å². The van der Waals surface area contributed by atoms with Crippen LogP contribution in [-0.4, -0.2) is 35.0 Å². The molecule has 0 bridgehead atoms. The number of hydrogen-bond donors (Lipinski definition) is 3. The number of carbonyl (C=O) groups is 2. The first-order chi connectivity index (χ1) is 16.0. The lowest BCUT2D eigenvalue weighted by molar-refractivity contribution is 0.0946. The number of aryl methyl sites for hydroxylation is 1. The lowest BCUT2D eigenvalue weighted by atomic mass is 10.2. The Labute approximate surface area is 197 Å². The van der Waals surface area contributed by atoms with E-state index >= 15 is 0 Å². The molecule has 3 aromatic rings. The van der Waals surface area contributed by atoms with Gasteiger partial charge in [-0.1, -0.05) is 35.9 Å². The molecule has 9 heteroatoms. The van der Waals surface area contributed by atoms with Crippen molar-refractivity contribution in [2.75, 3.05) is 28.6 Å². The van der Waals surface area contributed by atoms with Gasteiger partial charge in [-0.05, 0) is 55.2 Å². The molecule has 8 nitrogen and oxygen atoms in total. The Kier molecular flexibility index (Phi) is 7.04. The maximum Gasteiger partial charge on any atom is 0.323 e. The third-order valence-corrected chi connectivity index (χ3v) is 5.53. The fourth-order valence-electron chi connectivity index (χ4n) is 3.63. The van der Waals surface area contributed by atoms with Crippen molar-refractivity contribution in [3.05, 3.63) is 76.6 Å². The normalized spacial score (nSPS) is 13.0. The molecule has 170 valence electrons. The number of amides is 3. The predicted molar refractivity (Wildman–Crippen MR) is 130 cm³/mol. The third kappa shape index (κ3) is 5.98. The second kappa shape index (κ2) is 10.3. The van der Waals surface area contributed by atoms with Gasteiger partial charge in [-0.25, -0.2) is 14.8 Å². The number of benzene rings is 2. The molecule has 1 aliphatic heterocycles. The topological polar surface area (TPSA) is 99.2 Å². The van der Waals surface area contributed by atoms with Gasteiger partial charge in [0.15, 0.2) is 5.69 Å². The van der Waals surface area contributed by atoms with Gasteiger partial charge in [0.1, 0.15) is 0 Å². The summed E-state index contributed by atoms with van der Waals surface area (Å²) in [7, 11) is 0. The summed E-state index contributed by atoms with van der Waals surface area (Å²) in [4.78, 5) is 35.7. The SMILES string of the molecule is Cc1cccc(NC(=O)Nc2cccc(CNC(=O)c3nc(N4CCCC4)ncc3Cl)c2)c1. The monoisotopic (exact) mass is 464 g/mol. The zero-order valence-corrected chi connectivity index (χ0v) is 19.0. The molecule has 3 N–H and O–H groups in total. The summed E-state index contributed by atoms with van der Waals surface area (Å²) in [6.07, 6.45) is 3.64. The first-order valence-electron chi connectivity index (χ1n) is 10.8. The van der Waals surface area contributed by atoms with Gasteiger partial charge in [0.05, 0.1) is 11.2 Å². The second-order valence-corrected chi connectivity index (χ2v) is 8.30. The number of urea groups is 1. The Morgan fingerprint density at radius 1 is 1.03 bits per heavy atom. The minimum Gasteiger partial charge on any atom is -0.347 e. The van der Waals surface area contributed by atoms with Crippen LogP contribution in [0.5, 0.6) is 0 Å². The number of nitrogens with zero attached hydrogens (tertiary/aromatic N) is 3. The Hall–Kier alpha value is -3.65. The Morgan fingerprint density at radius 2 is 1.73 bits per heavy atom. The summed E-state index contributed by atoms with van der Waals surface area (Å²) < 4.78 is 0. The quantitative estimate of drug-likeness (QED) is 0.494. The molecule has 4 rings (SSSR count). The number of hydrogen-bond acceptors (Lipinski definition) is 5. The fraction of sp³-hybridized carbons (Fsp3) is 0.250. The van der Waals surface area contributed by atoms with Crippen LogP contribution in [0.1, 0.15) is 34.5 Å². The van der Waals surface area contributed by atoms with Crippen LogP contribution < -0.4 is 20.9 Å². The highest BCUT2D eigenvalue weighted by atomic mass is 35.5. The van der Waals surface area contributed by atoms with Crippen molar-refractivity contribution in [3.8, 4) is 0 Å². The van der Waals surface area contributed by atoms with Crippen molar-refractivity contribution >= 4 is 40.9 Å². The molecule has 33 heavy (non-hydrogen) atoms. The summed E-state index contributed by atoms with van der Waals surface area (Å²) >= 11 is 6.18. The summed E-state index contributed by atoms with van der Waals surface area (Å²) in [5.74, 6) is 0.145. The average molecular weight is 465 g/mol. The first kappa shape index (κ1) is 22.5. The second-order valence-electron chi connectivity index (χ2n) is 7.89. The molecule has 3 amide bonds. The maximum absolute atomic E-state index is 12.7. The van der Waals surface area contributed by atoms with E-state index in [-0.39, 0.29) is 29.2 Å². The molecule has 0 unspecified atom stereocenters. The predicted octanol–water partition coefficient (Wildman–Crippen LogP) is 4.61. The van der Waals surface area contributed by atoms with Crippen LogP contribution in [0.4, 0.5) is 22.1 Å². The van der Waals surface area contributed by atoms with Crippen LogP contribution >= 0.6 is 11.6 Å². The number of halogens is 1. The van der Waals surface area contributed by atoms with E-state index < -0.39 is 0 Å². The zero-order valence-electron chi connectivity index (χ0n) is 18.3. The van der Waals surface area contributed by atoms with Gasteiger partial charge in [-0.3, -0.25) is 4.79 Å². The molecule has 0 saturated carbocycles. The highest BCUT2D eigenvalue weighted by molar-refractivity contribution is 6.33. The van der Waals surface area contributed by atoms with E-state index in [1.165, 1.54) is 6.20 Å². The largest absolute Gasteiger partial charge is 0.347 e. The standard InChI is InChI=1S/C24H25ClN6O2/c1-16-6-4-8-18(12-16)28-24(33)29-19-9-5-7-17(13-19)14-26-22(32)21-20(25)15-27-23(30-21)31-10-2-3-11-31/h4-9,12-13,15H,2-3,10-11,14H2,1H3,(H,26,32)(H2,28,29,33). The van der Waals surface area contributed by atoms with E-state index in [0.29, 0.717) is 17.3 Å². The van der Waals surface area contributed by atoms with Crippen LogP contribution in [0.25, 0.3) is 0 Å². The molecule has 0 spiro atoms. The summed E-state index contributed by atoms with van der Waals surface area (Å²) in [5.41, 5.74) is 3.36. The minimum absolute atomic E-state index is 0.153. The van der Waals surface area contributed by atoms with Gasteiger partial charge in [-0.2, -0.15) is 0 Å². The molecule has 1 aliphatic rings. The van der Waals surface area contributed by atoms with Crippen molar-refractivity contribution in [1.29, 1.82) is 0 Å². The Morgan fingerprint density at radius 3 is 2.45 bits per heavy atom. The molecule has 1 fully saturated rings. The first-order valence-corrected chi connectivity index (χ1v) is 11.1. The van der Waals surface area contributed by atoms with Crippen LogP contribution in [0, 0.1) is 6.92 Å². The van der Waals surface area contributed by atoms with Crippen LogP contribution in [0.3, 0.4) is 0 Å². The fourth-order valence-corrected chi connectivity index (χ4v) is 3.80. The average Bonchev–Trinajstić information content (AvgIpc) is 3.33. The van der Waals surface area contributed by atoms with Crippen LogP contribution in [0.2, 0.25) is 5.02 Å². The van der Waals surface area contributed by atoms with Crippen molar-refractivity contribution in [2.24, 2.45) is 0 Å². The van der Waals surface area contributed by atoms with E-state index in [4.69, 9.17) is 11.6 Å². The van der Waals surface area contributed by atoms with Gasteiger partial charge in [-0.15, -0.1) is 0 Å². The van der Waals surface area contributed by atoms with E-state index in [0.717, 1.165) is 37.1 Å². The highest BCUT2D eigenvalue weighted by Gasteiger charge is 2.19. The molecule has 0 radical (unpaired) electrons. The lowest BCUT2D eigenvalue weighted by Crippen LogP contribution is -2.27. The van der Waals surface area contributed by atoms with Crippen LogP contribution in [0.15, 0.2) is 54.7 Å². The smallest absolute Gasteiger partial charge is 0.323 e. The Balaban J connectivity index is 1.36. The lowest BCUT2D eigenvalue weighted by Gasteiger charge is -2.16. The molecule has 2 heterocycles. The molecule has 0 atom stereocenters. The molecule has 2 aromatic carbocycles.